The second-order valence-corrected chi connectivity index (χ2v) is 8.49. The number of methoxy groups -OCH3 is 1. The average molecular weight is 467 g/mol. The van der Waals surface area contributed by atoms with Gasteiger partial charge < -0.3 is 23.1 Å². The summed E-state index contributed by atoms with van der Waals surface area (Å²) >= 11 is 0. The maximum absolute atomic E-state index is 12.1. The van der Waals surface area contributed by atoms with Crippen molar-refractivity contribution in [3.63, 3.8) is 0 Å². The second-order valence-electron chi connectivity index (χ2n) is 6.92. The molecule has 2 rings (SSSR count). The van der Waals surface area contributed by atoms with E-state index in [4.69, 9.17) is 23.1 Å². The maximum atomic E-state index is 12.1. The minimum atomic E-state index is -3.55. The number of hydrogen-bond acceptors (Lipinski definition) is 8. The lowest BCUT2D eigenvalue weighted by Gasteiger charge is -2.17. The van der Waals surface area contributed by atoms with Gasteiger partial charge in [-0.25, -0.2) is 4.79 Å². The molecule has 0 heterocycles. The molecule has 0 aromatic heterocycles. The van der Waals surface area contributed by atoms with Gasteiger partial charge in [-0.1, -0.05) is 18.2 Å². The van der Waals surface area contributed by atoms with E-state index in [9.17, 15) is 13.2 Å². The molecule has 0 spiro atoms. The van der Waals surface area contributed by atoms with Gasteiger partial charge in [0.2, 0.25) is 0 Å². The highest BCUT2D eigenvalue weighted by Crippen LogP contribution is 2.29. The first kappa shape index (κ1) is 25.5. The van der Waals surface area contributed by atoms with Crippen molar-refractivity contribution in [2.45, 2.75) is 32.8 Å². The van der Waals surface area contributed by atoms with Gasteiger partial charge in [0.1, 0.15) is 5.75 Å². The third-order valence-electron chi connectivity index (χ3n) is 4.39. The molecular weight excluding hydrogens is 436 g/mol. The Kier molecular flexibility index (Phi) is 9.80. The zero-order valence-corrected chi connectivity index (χ0v) is 19.6. The minimum Gasteiger partial charge on any atom is -0.493 e. The zero-order chi connectivity index (χ0) is 23.6. The van der Waals surface area contributed by atoms with E-state index < -0.39 is 16.2 Å². The molecular formula is C23H30O8S. The summed E-state index contributed by atoms with van der Waals surface area (Å²) in [6.07, 6.45) is 1.30. The van der Waals surface area contributed by atoms with Gasteiger partial charge in [0, 0.05) is 19.4 Å². The van der Waals surface area contributed by atoms with E-state index in [1.54, 1.807) is 44.4 Å². The number of carbonyl (C=O) groups excluding carboxylic acids is 1. The van der Waals surface area contributed by atoms with Gasteiger partial charge in [0.25, 0.3) is 0 Å². The van der Waals surface area contributed by atoms with Gasteiger partial charge in [-0.05, 0) is 49.2 Å². The molecule has 1 atom stereocenters. The van der Waals surface area contributed by atoms with E-state index in [1.807, 2.05) is 19.1 Å². The molecule has 32 heavy (non-hydrogen) atoms. The lowest BCUT2D eigenvalue weighted by atomic mass is 10.1. The Balaban J connectivity index is 1.97. The third kappa shape index (κ3) is 8.39. The largest absolute Gasteiger partial charge is 0.493 e. The Bertz CT molecular complexity index is 970. The van der Waals surface area contributed by atoms with Gasteiger partial charge in [-0.15, -0.1) is 0 Å². The Morgan fingerprint density at radius 2 is 1.66 bits per heavy atom. The lowest BCUT2D eigenvalue weighted by Crippen LogP contribution is -2.29. The van der Waals surface area contributed by atoms with E-state index in [0.717, 1.165) is 17.4 Å². The predicted molar refractivity (Wildman–Crippen MR) is 120 cm³/mol. The fourth-order valence-corrected chi connectivity index (χ4v) is 3.44. The maximum Gasteiger partial charge on any atom is 0.335 e. The summed E-state index contributed by atoms with van der Waals surface area (Å²) in [5, 5.41) is 0. The number of rotatable bonds is 13. The summed E-state index contributed by atoms with van der Waals surface area (Å²) in [6.45, 7) is 4.69. The Morgan fingerprint density at radius 1 is 0.969 bits per heavy atom. The fraction of sp³-hybridized carbons (Fsp3) is 0.435. The van der Waals surface area contributed by atoms with Crippen molar-refractivity contribution >= 4 is 16.1 Å². The first-order chi connectivity index (χ1) is 15.3. The zero-order valence-electron chi connectivity index (χ0n) is 18.8. The molecule has 0 aliphatic heterocycles. The molecule has 0 saturated carbocycles. The molecule has 176 valence electrons. The summed E-state index contributed by atoms with van der Waals surface area (Å²) in [4.78, 5) is 12.1. The topological polar surface area (TPSA) is 97.4 Å². The van der Waals surface area contributed by atoms with Gasteiger partial charge in [-0.2, -0.15) is 8.42 Å². The van der Waals surface area contributed by atoms with Crippen molar-refractivity contribution in [1.82, 2.24) is 0 Å². The molecule has 0 fully saturated rings. The van der Waals surface area contributed by atoms with Crippen molar-refractivity contribution < 1.29 is 36.3 Å². The van der Waals surface area contributed by atoms with Crippen molar-refractivity contribution in [3.05, 3.63) is 53.6 Å². The minimum absolute atomic E-state index is 0.266. The second kappa shape index (κ2) is 12.3. The van der Waals surface area contributed by atoms with Gasteiger partial charge in [-0.3, -0.25) is 0 Å². The number of ether oxygens (including phenoxy) is 4. The smallest absolute Gasteiger partial charge is 0.335 e. The molecule has 8 nitrogen and oxygen atoms in total. The number of esters is 1. The summed E-state index contributed by atoms with van der Waals surface area (Å²) in [5.41, 5.74) is 1.83. The first-order valence-electron chi connectivity index (χ1n) is 10.3. The van der Waals surface area contributed by atoms with E-state index in [1.165, 1.54) is 0 Å². The van der Waals surface area contributed by atoms with Crippen molar-refractivity contribution in [2.75, 3.05) is 33.2 Å². The average Bonchev–Trinajstić information content (AvgIpc) is 2.74. The highest BCUT2D eigenvalue weighted by Gasteiger charge is 2.21. The van der Waals surface area contributed by atoms with E-state index in [-0.39, 0.29) is 11.7 Å². The normalized spacial score (nSPS) is 12.1. The van der Waals surface area contributed by atoms with Crippen LogP contribution in [0.2, 0.25) is 0 Å². The van der Waals surface area contributed by atoms with Crippen LogP contribution in [0, 0.1) is 0 Å². The summed E-state index contributed by atoms with van der Waals surface area (Å²) in [5.74, 6) is 1.01. The van der Waals surface area contributed by atoms with E-state index >= 15 is 0 Å². The van der Waals surface area contributed by atoms with Crippen LogP contribution < -0.4 is 13.7 Å². The molecule has 0 aliphatic rings. The molecule has 1 unspecified atom stereocenters. The molecule has 0 saturated heterocycles. The highest BCUT2D eigenvalue weighted by molar-refractivity contribution is 7.86. The van der Waals surface area contributed by atoms with Crippen molar-refractivity contribution in [3.8, 4) is 17.2 Å². The number of carbonyl (C=O) groups is 1. The number of hydrogen-bond donors (Lipinski definition) is 0. The lowest BCUT2D eigenvalue weighted by molar-refractivity contribution is -0.156. The Labute approximate surface area is 189 Å². The van der Waals surface area contributed by atoms with Gasteiger partial charge >= 0.3 is 16.1 Å². The summed E-state index contributed by atoms with van der Waals surface area (Å²) in [6, 6.07) is 12.2. The fourth-order valence-electron chi connectivity index (χ4n) is 2.98. The SMILES string of the molecule is CCOC(=O)C(Cc1ccc(OCCc2ccc(OS(C)(=O)=O)cc2)c(OC)c1)OCC. The first-order valence-corrected chi connectivity index (χ1v) is 12.1. The monoisotopic (exact) mass is 466 g/mol. The molecule has 0 radical (unpaired) electrons. The van der Waals surface area contributed by atoms with Crippen molar-refractivity contribution in [2.24, 2.45) is 0 Å². The molecule has 2 aromatic carbocycles. The van der Waals surface area contributed by atoms with Crippen LogP contribution >= 0.6 is 0 Å². The van der Waals surface area contributed by atoms with Gasteiger partial charge in [0.15, 0.2) is 17.6 Å². The Morgan fingerprint density at radius 3 is 2.25 bits per heavy atom. The summed E-state index contributed by atoms with van der Waals surface area (Å²) < 4.78 is 49.1. The van der Waals surface area contributed by atoms with Crippen LogP contribution in [0.15, 0.2) is 42.5 Å². The Hall–Kier alpha value is -2.78. The highest BCUT2D eigenvalue weighted by atomic mass is 32.2. The number of benzene rings is 2. The van der Waals surface area contributed by atoms with E-state index in [0.29, 0.717) is 44.2 Å². The molecule has 0 bridgehead atoms. The predicted octanol–water partition coefficient (Wildman–Crippen LogP) is 3.17. The quantitative estimate of drug-likeness (QED) is 0.328. The van der Waals surface area contributed by atoms with Crippen LogP contribution in [0.1, 0.15) is 25.0 Å². The van der Waals surface area contributed by atoms with Crippen LogP contribution in [0.25, 0.3) is 0 Å². The molecule has 9 heteroatoms. The standard InChI is InChI=1S/C23H30O8S/c1-5-28-22(23(24)29-6-2)16-18-9-12-20(21(15-18)27-3)30-14-13-17-7-10-19(11-8-17)31-32(4,25)26/h7-12,15,22H,5-6,13-14,16H2,1-4H3. The molecule has 0 N–H and O–H groups in total. The molecule has 2 aromatic rings. The van der Waals surface area contributed by atoms with Crippen LogP contribution in [-0.2, 0) is 37.2 Å². The molecule has 0 aliphatic carbocycles. The summed E-state index contributed by atoms with van der Waals surface area (Å²) in [7, 11) is -1.99. The van der Waals surface area contributed by atoms with Crippen LogP contribution in [-0.4, -0.2) is 53.7 Å². The van der Waals surface area contributed by atoms with Crippen LogP contribution in [0.4, 0.5) is 0 Å². The van der Waals surface area contributed by atoms with E-state index in [2.05, 4.69) is 0 Å². The van der Waals surface area contributed by atoms with Crippen LogP contribution in [0.5, 0.6) is 17.2 Å². The third-order valence-corrected chi connectivity index (χ3v) is 4.88. The van der Waals surface area contributed by atoms with Gasteiger partial charge in [0.05, 0.1) is 26.6 Å². The van der Waals surface area contributed by atoms with Crippen molar-refractivity contribution in [1.29, 1.82) is 0 Å². The molecule has 0 amide bonds. The van der Waals surface area contributed by atoms with Crippen LogP contribution in [0.3, 0.4) is 0 Å².